The normalized spacial score (nSPS) is 21.1. The Hall–Kier alpha value is -1.01. The minimum Gasteiger partial charge on any atom is -0.379 e. The van der Waals surface area contributed by atoms with E-state index < -0.39 is 0 Å². The molecule has 0 aromatic carbocycles. The van der Waals surface area contributed by atoms with Crippen LogP contribution in [0.4, 0.5) is 0 Å². The van der Waals surface area contributed by atoms with Gasteiger partial charge in [-0.15, -0.1) is 6.42 Å². The van der Waals surface area contributed by atoms with E-state index in [1.54, 1.807) is 11.9 Å². The Labute approximate surface area is 79.1 Å². The van der Waals surface area contributed by atoms with Crippen molar-refractivity contribution < 1.29 is 9.53 Å². The van der Waals surface area contributed by atoms with Crippen LogP contribution in [0, 0.1) is 17.8 Å². The predicted octanol–water partition coefficient (Wildman–Crippen LogP) is 0.503. The van der Waals surface area contributed by atoms with E-state index in [0.29, 0.717) is 13.2 Å². The molecule has 1 rings (SSSR count). The zero-order valence-corrected chi connectivity index (χ0v) is 8.33. The van der Waals surface area contributed by atoms with Crippen LogP contribution in [0.2, 0.25) is 0 Å². The summed E-state index contributed by atoms with van der Waals surface area (Å²) in [6.07, 6.45) is 5.24. The number of nitrogens with zero attached hydrogens (tertiary/aromatic N) is 1. The fourth-order valence-electron chi connectivity index (χ4n) is 1.25. The van der Waals surface area contributed by atoms with Crippen molar-refractivity contribution in [2.45, 2.75) is 19.9 Å². The van der Waals surface area contributed by atoms with Gasteiger partial charge in [0.15, 0.2) is 0 Å². The first-order valence-corrected chi connectivity index (χ1v) is 4.32. The SMILES string of the molecule is C#CC(C)N(C)C(=O)C1(C)COC1. The Balaban J connectivity index is 2.62. The van der Waals surface area contributed by atoms with Crippen molar-refractivity contribution in [2.75, 3.05) is 20.3 Å². The minimum absolute atomic E-state index is 0.0733. The van der Waals surface area contributed by atoms with Gasteiger partial charge in [-0.2, -0.15) is 0 Å². The predicted molar refractivity (Wildman–Crippen MR) is 50.0 cm³/mol. The largest absolute Gasteiger partial charge is 0.379 e. The summed E-state index contributed by atoms with van der Waals surface area (Å²) in [5.41, 5.74) is -0.347. The smallest absolute Gasteiger partial charge is 0.233 e. The average molecular weight is 181 g/mol. The number of amides is 1. The van der Waals surface area contributed by atoms with E-state index in [1.807, 2.05) is 13.8 Å². The Bertz CT molecular complexity index is 250. The Morgan fingerprint density at radius 1 is 1.69 bits per heavy atom. The van der Waals surface area contributed by atoms with Gasteiger partial charge in [-0.1, -0.05) is 5.92 Å². The lowest BCUT2D eigenvalue weighted by molar-refractivity contribution is -0.168. The van der Waals surface area contributed by atoms with Crippen LogP contribution in [-0.2, 0) is 9.53 Å². The van der Waals surface area contributed by atoms with Crippen molar-refractivity contribution in [1.29, 1.82) is 0 Å². The summed E-state index contributed by atoms with van der Waals surface area (Å²) in [5, 5.41) is 0. The zero-order valence-electron chi connectivity index (χ0n) is 8.33. The molecule has 1 aliphatic heterocycles. The molecule has 3 nitrogen and oxygen atoms in total. The van der Waals surface area contributed by atoms with Crippen molar-refractivity contribution in [3.63, 3.8) is 0 Å². The molecule has 1 unspecified atom stereocenters. The van der Waals surface area contributed by atoms with E-state index in [-0.39, 0.29) is 17.4 Å². The molecule has 0 aliphatic carbocycles. The third-order valence-corrected chi connectivity index (χ3v) is 2.50. The van der Waals surface area contributed by atoms with Gasteiger partial charge in [-0.3, -0.25) is 4.79 Å². The average Bonchev–Trinajstić information content (AvgIpc) is 2.10. The van der Waals surface area contributed by atoms with Crippen LogP contribution < -0.4 is 0 Å². The lowest BCUT2D eigenvalue weighted by atomic mass is 9.87. The van der Waals surface area contributed by atoms with Gasteiger partial charge < -0.3 is 9.64 Å². The Morgan fingerprint density at radius 2 is 2.23 bits per heavy atom. The molecule has 72 valence electrons. The molecule has 0 spiro atoms. The molecule has 3 heteroatoms. The van der Waals surface area contributed by atoms with E-state index in [4.69, 9.17) is 11.2 Å². The molecule has 0 saturated carbocycles. The zero-order chi connectivity index (χ0) is 10.1. The van der Waals surface area contributed by atoms with Gasteiger partial charge in [0.25, 0.3) is 0 Å². The molecule has 0 aromatic heterocycles. The maximum absolute atomic E-state index is 11.8. The van der Waals surface area contributed by atoms with Gasteiger partial charge in [0.2, 0.25) is 5.91 Å². The second kappa shape index (κ2) is 3.39. The fraction of sp³-hybridized carbons (Fsp3) is 0.700. The van der Waals surface area contributed by atoms with Crippen LogP contribution >= 0.6 is 0 Å². The summed E-state index contributed by atoms with van der Waals surface area (Å²) in [7, 11) is 1.73. The van der Waals surface area contributed by atoms with E-state index >= 15 is 0 Å². The van der Waals surface area contributed by atoms with Gasteiger partial charge in [0, 0.05) is 7.05 Å². The quantitative estimate of drug-likeness (QED) is 0.581. The van der Waals surface area contributed by atoms with Gasteiger partial charge in [0.05, 0.1) is 24.7 Å². The van der Waals surface area contributed by atoms with Crippen molar-refractivity contribution in [3.8, 4) is 12.3 Å². The van der Waals surface area contributed by atoms with Gasteiger partial charge in [0.1, 0.15) is 0 Å². The van der Waals surface area contributed by atoms with Crippen molar-refractivity contribution in [3.05, 3.63) is 0 Å². The molecule has 0 bridgehead atoms. The highest BCUT2D eigenvalue weighted by Gasteiger charge is 2.43. The van der Waals surface area contributed by atoms with Crippen LogP contribution in [0.3, 0.4) is 0 Å². The maximum Gasteiger partial charge on any atom is 0.233 e. The molecule has 1 saturated heterocycles. The van der Waals surface area contributed by atoms with Crippen LogP contribution in [-0.4, -0.2) is 37.1 Å². The highest BCUT2D eigenvalue weighted by Crippen LogP contribution is 2.29. The number of rotatable bonds is 2. The minimum atomic E-state index is -0.347. The lowest BCUT2D eigenvalue weighted by Crippen LogP contribution is -2.54. The number of hydrogen-bond acceptors (Lipinski definition) is 2. The number of carbonyl (C=O) groups excluding carboxylic acids is 1. The molecule has 1 aliphatic rings. The molecular weight excluding hydrogens is 166 g/mol. The van der Waals surface area contributed by atoms with Crippen LogP contribution in [0.25, 0.3) is 0 Å². The first-order chi connectivity index (χ1) is 6.01. The van der Waals surface area contributed by atoms with Crippen molar-refractivity contribution >= 4 is 5.91 Å². The molecule has 0 aromatic rings. The van der Waals surface area contributed by atoms with E-state index in [9.17, 15) is 4.79 Å². The van der Waals surface area contributed by atoms with Gasteiger partial charge in [-0.25, -0.2) is 0 Å². The van der Waals surface area contributed by atoms with Gasteiger partial charge in [-0.05, 0) is 13.8 Å². The molecule has 0 N–H and O–H groups in total. The first-order valence-electron chi connectivity index (χ1n) is 4.32. The van der Waals surface area contributed by atoms with E-state index in [0.717, 1.165) is 0 Å². The van der Waals surface area contributed by atoms with E-state index in [2.05, 4.69) is 5.92 Å². The molecule has 1 atom stereocenters. The lowest BCUT2D eigenvalue weighted by Gasteiger charge is -2.40. The number of carbonyl (C=O) groups is 1. The van der Waals surface area contributed by atoms with Crippen molar-refractivity contribution in [1.82, 2.24) is 4.90 Å². The fourth-order valence-corrected chi connectivity index (χ4v) is 1.25. The van der Waals surface area contributed by atoms with Crippen molar-refractivity contribution in [2.24, 2.45) is 5.41 Å². The Kier molecular flexibility index (Phi) is 2.63. The van der Waals surface area contributed by atoms with Gasteiger partial charge >= 0.3 is 0 Å². The molecule has 13 heavy (non-hydrogen) atoms. The highest BCUT2D eigenvalue weighted by molar-refractivity contribution is 5.83. The summed E-state index contributed by atoms with van der Waals surface area (Å²) in [4.78, 5) is 13.4. The summed E-state index contributed by atoms with van der Waals surface area (Å²) >= 11 is 0. The molecular formula is C10H15NO2. The van der Waals surface area contributed by atoms with Crippen LogP contribution in [0.1, 0.15) is 13.8 Å². The number of ether oxygens (including phenoxy) is 1. The summed E-state index contributed by atoms with van der Waals surface area (Å²) in [6, 6.07) is -0.148. The summed E-state index contributed by atoms with van der Waals surface area (Å²) < 4.78 is 5.02. The second-order valence-electron chi connectivity index (χ2n) is 3.81. The standard InChI is InChI=1S/C10H15NO2/c1-5-8(2)11(4)9(12)10(3)6-13-7-10/h1,8H,6-7H2,2-4H3. The molecule has 0 radical (unpaired) electrons. The molecule has 1 fully saturated rings. The summed E-state index contributed by atoms with van der Waals surface area (Å²) in [6.45, 7) is 4.75. The topological polar surface area (TPSA) is 29.5 Å². The van der Waals surface area contributed by atoms with E-state index in [1.165, 1.54) is 0 Å². The summed E-state index contributed by atoms with van der Waals surface area (Å²) in [5.74, 6) is 2.60. The number of hydrogen-bond donors (Lipinski definition) is 0. The monoisotopic (exact) mass is 181 g/mol. The first kappa shape index (κ1) is 10.1. The maximum atomic E-state index is 11.8. The number of terminal acetylenes is 1. The third-order valence-electron chi connectivity index (χ3n) is 2.50. The Morgan fingerprint density at radius 3 is 2.54 bits per heavy atom. The molecule has 1 amide bonds. The van der Waals surface area contributed by atoms with Crippen LogP contribution in [0.5, 0.6) is 0 Å². The highest BCUT2D eigenvalue weighted by atomic mass is 16.5. The molecule has 1 heterocycles. The second-order valence-corrected chi connectivity index (χ2v) is 3.81. The van der Waals surface area contributed by atoms with Crippen LogP contribution in [0.15, 0.2) is 0 Å². The third kappa shape index (κ3) is 1.68.